The molecule has 6 nitrogen and oxygen atoms in total. The molecule has 1 saturated heterocycles. The van der Waals surface area contributed by atoms with Gasteiger partial charge in [-0.05, 0) is 51.2 Å². The van der Waals surface area contributed by atoms with E-state index in [1.54, 1.807) is 4.90 Å². The van der Waals surface area contributed by atoms with Crippen molar-refractivity contribution in [3.63, 3.8) is 0 Å². The minimum absolute atomic E-state index is 0.166. The average Bonchev–Trinajstić information content (AvgIpc) is 3.11. The normalized spacial score (nSPS) is 15.8. The standard InChI is InChI=1S/C21H29N3O3/c1-21(2,3)27-20(26)23-11-8-19(9-12-23)24-15-18(14-22-24)17-6-4-16(5-7-17)10-13-25/h4-7,14-15,19,25H,8-13H2,1-3H3. The number of rotatable bonds is 4. The second-order valence-corrected chi connectivity index (χ2v) is 8.08. The van der Waals surface area contributed by atoms with Crippen LogP contribution in [0.25, 0.3) is 11.1 Å². The molecule has 6 heteroatoms. The van der Waals surface area contributed by atoms with Crippen LogP contribution < -0.4 is 0 Å². The molecule has 0 radical (unpaired) electrons. The van der Waals surface area contributed by atoms with Crippen molar-refractivity contribution in [2.24, 2.45) is 0 Å². The molecule has 0 aliphatic carbocycles. The van der Waals surface area contributed by atoms with Crippen LogP contribution in [0.2, 0.25) is 0 Å². The van der Waals surface area contributed by atoms with Crippen molar-refractivity contribution in [1.29, 1.82) is 0 Å². The van der Waals surface area contributed by atoms with Crippen LogP contribution in [-0.2, 0) is 11.2 Å². The number of carbonyl (C=O) groups excluding carboxylic acids is 1. The Labute approximate surface area is 160 Å². The summed E-state index contributed by atoms with van der Waals surface area (Å²) in [5.74, 6) is 0. The highest BCUT2D eigenvalue weighted by Gasteiger charge is 2.27. The van der Waals surface area contributed by atoms with E-state index in [0.29, 0.717) is 25.6 Å². The lowest BCUT2D eigenvalue weighted by molar-refractivity contribution is 0.0185. The van der Waals surface area contributed by atoms with Crippen molar-refractivity contribution in [2.75, 3.05) is 19.7 Å². The van der Waals surface area contributed by atoms with Crippen molar-refractivity contribution in [2.45, 2.75) is 51.7 Å². The molecule has 0 bridgehead atoms. The van der Waals surface area contributed by atoms with Crippen molar-refractivity contribution >= 4 is 6.09 Å². The quantitative estimate of drug-likeness (QED) is 0.891. The number of hydrogen-bond donors (Lipinski definition) is 1. The molecular weight excluding hydrogens is 342 g/mol. The average molecular weight is 371 g/mol. The topological polar surface area (TPSA) is 67.6 Å². The number of likely N-dealkylation sites (tertiary alicyclic amines) is 1. The Kier molecular flexibility index (Phi) is 5.85. The molecule has 1 aromatic heterocycles. The Balaban J connectivity index is 1.59. The van der Waals surface area contributed by atoms with Crippen LogP contribution in [0.1, 0.15) is 45.2 Å². The first-order valence-corrected chi connectivity index (χ1v) is 9.58. The summed E-state index contributed by atoms with van der Waals surface area (Å²) in [7, 11) is 0. The zero-order valence-corrected chi connectivity index (χ0v) is 16.4. The largest absolute Gasteiger partial charge is 0.444 e. The van der Waals surface area contributed by atoms with E-state index in [1.165, 1.54) is 0 Å². The number of aromatic nitrogens is 2. The lowest BCUT2D eigenvalue weighted by atomic mass is 10.0. The molecule has 1 aromatic carbocycles. The maximum atomic E-state index is 12.2. The Bertz CT molecular complexity index is 754. The van der Waals surface area contributed by atoms with Gasteiger partial charge in [0.15, 0.2) is 0 Å². The predicted molar refractivity (Wildman–Crippen MR) is 105 cm³/mol. The molecule has 0 saturated carbocycles. The fourth-order valence-electron chi connectivity index (χ4n) is 3.32. The molecule has 146 valence electrons. The first kappa shape index (κ1) is 19.4. The third-order valence-corrected chi connectivity index (χ3v) is 4.78. The van der Waals surface area contributed by atoms with E-state index >= 15 is 0 Å². The maximum Gasteiger partial charge on any atom is 0.410 e. The number of aliphatic hydroxyl groups is 1. The molecule has 2 aromatic rings. The molecule has 0 atom stereocenters. The minimum atomic E-state index is -0.461. The Morgan fingerprint density at radius 2 is 1.85 bits per heavy atom. The Morgan fingerprint density at radius 1 is 1.19 bits per heavy atom. The van der Waals surface area contributed by atoms with Crippen LogP contribution >= 0.6 is 0 Å². The lowest BCUT2D eigenvalue weighted by Gasteiger charge is -2.33. The zero-order valence-electron chi connectivity index (χ0n) is 16.4. The summed E-state index contributed by atoms with van der Waals surface area (Å²) in [4.78, 5) is 14.0. The Morgan fingerprint density at radius 3 is 2.44 bits per heavy atom. The first-order valence-electron chi connectivity index (χ1n) is 9.58. The van der Waals surface area contributed by atoms with Crippen LogP contribution in [0, 0.1) is 0 Å². The molecule has 3 rings (SSSR count). The smallest absolute Gasteiger partial charge is 0.410 e. The third-order valence-electron chi connectivity index (χ3n) is 4.78. The third kappa shape index (κ3) is 5.10. The van der Waals surface area contributed by atoms with Crippen LogP contribution in [0.3, 0.4) is 0 Å². The summed E-state index contributed by atoms with van der Waals surface area (Å²) in [5.41, 5.74) is 2.87. The molecular formula is C21H29N3O3. The second kappa shape index (κ2) is 8.13. The summed E-state index contributed by atoms with van der Waals surface area (Å²) >= 11 is 0. The fraction of sp³-hybridized carbons (Fsp3) is 0.524. The van der Waals surface area contributed by atoms with Gasteiger partial charge in [0, 0.05) is 31.5 Å². The van der Waals surface area contributed by atoms with Crippen LogP contribution in [-0.4, -0.2) is 51.2 Å². The second-order valence-electron chi connectivity index (χ2n) is 8.08. The van der Waals surface area contributed by atoms with Gasteiger partial charge in [-0.2, -0.15) is 5.10 Å². The number of amides is 1. The van der Waals surface area contributed by atoms with Crippen LogP contribution in [0.15, 0.2) is 36.7 Å². The highest BCUT2D eigenvalue weighted by molar-refractivity contribution is 5.68. The number of piperidine rings is 1. The predicted octanol–water partition coefficient (Wildman–Crippen LogP) is 3.66. The van der Waals surface area contributed by atoms with Crippen LogP contribution in [0.4, 0.5) is 4.79 Å². The van der Waals surface area contributed by atoms with E-state index in [1.807, 2.05) is 43.8 Å². The van der Waals surface area contributed by atoms with Crippen molar-refractivity contribution in [3.05, 3.63) is 42.2 Å². The molecule has 2 heterocycles. The number of nitrogens with zero attached hydrogens (tertiary/aromatic N) is 3. The first-order chi connectivity index (χ1) is 12.9. The fourth-order valence-corrected chi connectivity index (χ4v) is 3.32. The van der Waals surface area contributed by atoms with E-state index < -0.39 is 5.60 Å². The van der Waals surface area contributed by atoms with E-state index in [2.05, 4.69) is 23.4 Å². The summed E-state index contributed by atoms with van der Waals surface area (Å²) in [6.07, 6.45) is 6.16. The molecule has 0 spiro atoms. The number of benzene rings is 1. The number of ether oxygens (including phenoxy) is 1. The van der Waals surface area contributed by atoms with Crippen molar-refractivity contribution < 1.29 is 14.6 Å². The van der Waals surface area contributed by atoms with Gasteiger partial charge in [-0.1, -0.05) is 24.3 Å². The van der Waals surface area contributed by atoms with Gasteiger partial charge in [-0.3, -0.25) is 4.68 Å². The van der Waals surface area contributed by atoms with Gasteiger partial charge < -0.3 is 14.7 Å². The lowest BCUT2D eigenvalue weighted by Crippen LogP contribution is -2.42. The molecule has 1 aliphatic heterocycles. The molecule has 1 aliphatic rings. The van der Waals surface area contributed by atoms with Gasteiger partial charge in [0.2, 0.25) is 0 Å². The summed E-state index contributed by atoms with van der Waals surface area (Å²) in [6.45, 7) is 7.20. The molecule has 1 N–H and O–H groups in total. The summed E-state index contributed by atoms with van der Waals surface area (Å²) in [6, 6.07) is 8.52. The van der Waals surface area contributed by atoms with Gasteiger partial charge in [0.25, 0.3) is 0 Å². The van der Waals surface area contributed by atoms with Gasteiger partial charge in [-0.15, -0.1) is 0 Å². The van der Waals surface area contributed by atoms with E-state index in [4.69, 9.17) is 9.84 Å². The highest BCUT2D eigenvalue weighted by Crippen LogP contribution is 2.26. The van der Waals surface area contributed by atoms with Crippen molar-refractivity contribution in [1.82, 2.24) is 14.7 Å². The van der Waals surface area contributed by atoms with Crippen LogP contribution in [0.5, 0.6) is 0 Å². The minimum Gasteiger partial charge on any atom is -0.444 e. The molecule has 1 amide bonds. The van der Waals surface area contributed by atoms with Gasteiger partial charge in [0.1, 0.15) is 5.60 Å². The summed E-state index contributed by atoms with van der Waals surface area (Å²) in [5, 5.41) is 13.6. The maximum absolute atomic E-state index is 12.2. The Hall–Kier alpha value is -2.34. The van der Waals surface area contributed by atoms with Crippen molar-refractivity contribution in [3.8, 4) is 11.1 Å². The number of hydrogen-bond acceptors (Lipinski definition) is 4. The van der Waals surface area contributed by atoms with E-state index in [0.717, 1.165) is 29.5 Å². The van der Waals surface area contributed by atoms with E-state index in [-0.39, 0.29) is 12.7 Å². The zero-order chi connectivity index (χ0) is 19.4. The summed E-state index contributed by atoms with van der Waals surface area (Å²) < 4.78 is 7.47. The van der Waals surface area contributed by atoms with E-state index in [9.17, 15) is 4.79 Å². The molecule has 0 unspecified atom stereocenters. The molecule has 27 heavy (non-hydrogen) atoms. The monoisotopic (exact) mass is 371 g/mol. The SMILES string of the molecule is CC(C)(C)OC(=O)N1CCC(n2cc(-c3ccc(CCO)cc3)cn2)CC1. The number of aliphatic hydroxyl groups excluding tert-OH is 1. The van der Waals surface area contributed by atoms with Gasteiger partial charge in [-0.25, -0.2) is 4.79 Å². The number of carbonyl (C=O) groups is 1. The van der Waals surface area contributed by atoms with Gasteiger partial charge in [0.05, 0.1) is 12.2 Å². The molecule has 1 fully saturated rings. The highest BCUT2D eigenvalue weighted by atomic mass is 16.6. The van der Waals surface area contributed by atoms with Gasteiger partial charge >= 0.3 is 6.09 Å².